The number of aliphatic hydroxyl groups is 1. The Morgan fingerprint density at radius 1 is 1.35 bits per heavy atom. The lowest BCUT2D eigenvalue weighted by Gasteiger charge is -2.10. The molecule has 0 aliphatic carbocycles. The van der Waals surface area contributed by atoms with Crippen LogP contribution in [0.4, 0.5) is 0 Å². The van der Waals surface area contributed by atoms with Crippen LogP contribution in [0.2, 0.25) is 0 Å². The summed E-state index contributed by atoms with van der Waals surface area (Å²) in [5.41, 5.74) is 0.356. The van der Waals surface area contributed by atoms with Gasteiger partial charge in [-0.2, -0.15) is 0 Å². The average molecular weight is 257 g/mol. The van der Waals surface area contributed by atoms with Gasteiger partial charge in [0, 0.05) is 11.6 Å². The van der Waals surface area contributed by atoms with E-state index in [-0.39, 0.29) is 6.61 Å². The van der Waals surface area contributed by atoms with Gasteiger partial charge in [-0.3, -0.25) is 4.79 Å². The summed E-state index contributed by atoms with van der Waals surface area (Å²) in [5.74, 6) is -1.08. The maximum atomic E-state index is 11.6. The van der Waals surface area contributed by atoms with Crippen molar-refractivity contribution in [3.05, 3.63) is 35.9 Å². The fourth-order valence-corrected chi connectivity index (χ4v) is 2.55. The predicted octanol–water partition coefficient (Wildman–Crippen LogP) is 0.169. The van der Waals surface area contributed by atoms with E-state index in [1.165, 1.54) is 6.92 Å². The zero-order valence-corrected chi connectivity index (χ0v) is 10.3. The van der Waals surface area contributed by atoms with Gasteiger partial charge in [-0.1, -0.05) is 30.3 Å². The fourth-order valence-electron chi connectivity index (χ4n) is 1.27. The first-order valence-electron chi connectivity index (χ1n) is 5.13. The third kappa shape index (κ3) is 4.64. The lowest BCUT2D eigenvalue weighted by Crippen LogP contribution is -2.38. The molecule has 0 aliphatic rings. The first-order chi connectivity index (χ1) is 7.94. The quantitative estimate of drug-likeness (QED) is 0.712. The van der Waals surface area contributed by atoms with Crippen molar-refractivity contribution in [1.29, 1.82) is 0 Å². The molecular formula is C11H15NO4S. The zero-order chi connectivity index (χ0) is 12.9. The van der Waals surface area contributed by atoms with E-state index in [1.54, 1.807) is 30.3 Å². The monoisotopic (exact) mass is 257 g/mol. The number of hydrogen-bond acceptors (Lipinski definition) is 4. The standard InChI is InChI=1S/C11H15NO4S/c1-9(7-13)12-17(15,16)8-11(14)10-5-3-2-4-6-10/h2-6,9,12-13H,7-8H2,1H3/t9-/m0/s1. The van der Waals surface area contributed by atoms with E-state index in [0.717, 1.165) is 0 Å². The van der Waals surface area contributed by atoms with Gasteiger partial charge in [0.25, 0.3) is 0 Å². The maximum absolute atomic E-state index is 11.6. The van der Waals surface area contributed by atoms with Crippen LogP contribution in [0.1, 0.15) is 17.3 Å². The minimum Gasteiger partial charge on any atom is -0.395 e. The molecule has 0 aliphatic heterocycles. The third-order valence-corrected chi connectivity index (χ3v) is 3.48. The van der Waals surface area contributed by atoms with Gasteiger partial charge in [-0.25, -0.2) is 13.1 Å². The molecule has 0 heterocycles. The van der Waals surface area contributed by atoms with Crippen LogP contribution < -0.4 is 4.72 Å². The minimum atomic E-state index is -3.70. The van der Waals surface area contributed by atoms with Crippen molar-refractivity contribution >= 4 is 15.8 Å². The molecule has 0 bridgehead atoms. The molecule has 0 amide bonds. The molecule has 0 fully saturated rings. The highest BCUT2D eigenvalue weighted by molar-refractivity contribution is 7.90. The zero-order valence-electron chi connectivity index (χ0n) is 9.46. The van der Waals surface area contributed by atoms with Crippen LogP contribution in [0.3, 0.4) is 0 Å². The summed E-state index contributed by atoms with van der Waals surface area (Å²) in [6, 6.07) is 7.62. The largest absolute Gasteiger partial charge is 0.395 e. The van der Waals surface area contributed by atoms with E-state index in [1.807, 2.05) is 0 Å². The number of rotatable bonds is 6. The first-order valence-corrected chi connectivity index (χ1v) is 6.79. The Labute approximate surface area is 101 Å². The van der Waals surface area contributed by atoms with Crippen molar-refractivity contribution in [2.75, 3.05) is 12.4 Å². The first kappa shape index (κ1) is 13.8. The highest BCUT2D eigenvalue weighted by Crippen LogP contribution is 2.02. The number of ketones is 1. The van der Waals surface area contributed by atoms with Crippen LogP contribution in [0.15, 0.2) is 30.3 Å². The second-order valence-corrected chi connectivity index (χ2v) is 5.50. The molecule has 94 valence electrons. The van der Waals surface area contributed by atoms with Crippen LogP contribution in [0.5, 0.6) is 0 Å². The molecule has 1 aromatic rings. The second kappa shape index (κ2) is 5.90. The molecular weight excluding hydrogens is 242 g/mol. The van der Waals surface area contributed by atoms with Gasteiger partial charge < -0.3 is 5.11 Å². The molecule has 5 nitrogen and oxygen atoms in total. The number of carbonyl (C=O) groups is 1. The lowest BCUT2D eigenvalue weighted by atomic mass is 10.2. The van der Waals surface area contributed by atoms with E-state index in [9.17, 15) is 13.2 Å². The smallest absolute Gasteiger partial charge is 0.219 e. The summed E-state index contributed by atoms with van der Waals surface area (Å²) in [7, 11) is -3.70. The van der Waals surface area contributed by atoms with Crippen molar-refractivity contribution in [3.63, 3.8) is 0 Å². The summed E-state index contributed by atoms with van der Waals surface area (Å²) in [6.07, 6.45) is 0. The number of hydrogen-bond donors (Lipinski definition) is 2. The molecule has 0 saturated carbocycles. The summed E-state index contributed by atoms with van der Waals surface area (Å²) in [5, 5.41) is 8.74. The van der Waals surface area contributed by atoms with Gasteiger partial charge in [-0.15, -0.1) is 0 Å². The Morgan fingerprint density at radius 3 is 2.47 bits per heavy atom. The molecule has 0 saturated heterocycles. The summed E-state index contributed by atoms with van der Waals surface area (Å²) < 4.78 is 25.3. The van der Waals surface area contributed by atoms with Crippen LogP contribution in [-0.2, 0) is 10.0 Å². The summed E-state index contributed by atoms with van der Waals surface area (Å²) >= 11 is 0. The van der Waals surface area contributed by atoms with Gasteiger partial charge >= 0.3 is 0 Å². The molecule has 0 unspecified atom stereocenters. The molecule has 1 atom stereocenters. The molecule has 0 spiro atoms. The van der Waals surface area contributed by atoms with Gasteiger partial charge in [-0.05, 0) is 6.92 Å². The Hall–Kier alpha value is -1.24. The number of Topliss-reactive ketones (excluding diaryl/α,β-unsaturated/α-hetero) is 1. The van der Waals surface area contributed by atoms with E-state index in [0.29, 0.717) is 5.56 Å². The number of carbonyl (C=O) groups excluding carboxylic acids is 1. The van der Waals surface area contributed by atoms with Gasteiger partial charge in [0.2, 0.25) is 10.0 Å². The van der Waals surface area contributed by atoms with Crippen molar-refractivity contribution < 1.29 is 18.3 Å². The average Bonchev–Trinajstić information content (AvgIpc) is 2.28. The van der Waals surface area contributed by atoms with E-state index in [2.05, 4.69) is 4.72 Å². The molecule has 0 aromatic heterocycles. The Bertz CT molecular complexity index is 470. The van der Waals surface area contributed by atoms with Crippen molar-refractivity contribution in [2.45, 2.75) is 13.0 Å². The Morgan fingerprint density at radius 2 is 1.94 bits per heavy atom. The minimum absolute atomic E-state index is 0.307. The summed E-state index contributed by atoms with van der Waals surface area (Å²) in [6.45, 7) is 1.21. The Balaban J connectivity index is 2.69. The van der Waals surface area contributed by atoms with Gasteiger partial charge in [0.1, 0.15) is 5.75 Å². The predicted molar refractivity (Wildman–Crippen MR) is 64.2 cm³/mol. The number of sulfonamides is 1. The van der Waals surface area contributed by atoms with Crippen LogP contribution in [-0.4, -0.2) is 37.7 Å². The number of nitrogens with one attached hydrogen (secondary N) is 1. The van der Waals surface area contributed by atoms with E-state index < -0.39 is 27.6 Å². The van der Waals surface area contributed by atoms with E-state index in [4.69, 9.17) is 5.11 Å². The SMILES string of the molecule is C[C@@H](CO)NS(=O)(=O)CC(=O)c1ccccc1. The van der Waals surface area contributed by atoms with Gasteiger partial charge in [0.15, 0.2) is 5.78 Å². The molecule has 17 heavy (non-hydrogen) atoms. The van der Waals surface area contributed by atoms with Crippen LogP contribution in [0.25, 0.3) is 0 Å². The topological polar surface area (TPSA) is 83.5 Å². The van der Waals surface area contributed by atoms with Crippen LogP contribution >= 0.6 is 0 Å². The van der Waals surface area contributed by atoms with Crippen molar-refractivity contribution in [3.8, 4) is 0 Å². The summed E-state index contributed by atoms with van der Waals surface area (Å²) in [4.78, 5) is 11.6. The van der Waals surface area contributed by atoms with Crippen molar-refractivity contribution in [1.82, 2.24) is 4.72 Å². The molecule has 0 radical (unpaired) electrons. The van der Waals surface area contributed by atoms with Gasteiger partial charge in [0.05, 0.1) is 6.61 Å². The third-order valence-electron chi connectivity index (χ3n) is 2.07. The molecule has 1 rings (SSSR count). The van der Waals surface area contributed by atoms with Crippen LogP contribution in [0, 0.1) is 0 Å². The molecule has 6 heteroatoms. The fraction of sp³-hybridized carbons (Fsp3) is 0.364. The normalized spacial score (nSPS) is 13.3. The molecule has 1 aromatic carbocycles. The maximum Gasteiger partial charge on any atom is 0.219 e. The number of aliphatic hydroxyl groups excluding tert-OH is 1. The highest BCUT2D eigenvalue weighted by atomic mass is 32.2. The Kier molecular flexibility index (Phi) is 4.80. The lowest BCUT2D eigenvalue weighted by molar-refractivity contribution is 0.102. The second-order valence-electron chi connectivity index (χ2n) is 3.75. The highest BCUT2D eigenvalue weighted by Gasteiger charge is 2.19. The molecule has 2 N–H and O–H groups in total. The number of benzene rings is 1. The van der Waals surface area contributed by atoms with E-state index >= 15 is 0 Å². The van der Waals surface area contributed by atoms with Crippen molar-refractivity contribution in [2.24, 2.45) is 0 Å².